The molecule has 0 spiro atoms. The van der Waals surface area contributed by atoms with E-state index in [0.29, 0.717) is 11.3 Å². The van der Waals surface area contributed by atoms with E-state index in [-0.39, 0.29) is 5.78 Å². The zero-order valence-electron chi connectivity index (χ0n) is 12.2. The summed E-state index contributed by atoms with van der Waals surface area (Å²) in [5, 5.41) is 8.53. The van der Waals surface area contributed by atoms with Gasteiger partial charge in [0.25, 0.3) is 0 Å². The lowest BCUT2D eigenvalue weighted by Gasteiger charge is -2.03. The second kappa shape index (κ2) is 7.22. The maximum absolute atomic E-state index is 12.1. The Kier molecular flexibility index (Phi) is 5.09. The number of hydrogen-bond donors (Lipinski definition) is 1. The van der Waals surface area contributed by atoms with Crippen molar-refractivity contribution in [2.45, 2.75) is 6.92 Å². The highest BCUT2D eigenvalue weighted by Crippen LogP contribution is 2.14. The summed E-state index contributed by atoms with van der Waals surface area (Å²) in [5.41, 5.74) is 2.62. The molecule has 0 saturated heterocycles. The molecule has 0 atom stereocenters. The van der Waals surface area contributed by atoms with Crippen LogP contribution in [0.25, 0.3) is 6.08 Å². The van der Waals surface area contributed by atoms with E-state index in [9.17, 15) is 9.59 Å². The van der Waals surface area contributed by atoms with Crippen LogP contribution in [0.5, 0.6) is 5.75 Å². The van der Waals surface area contributed by atoms with E-state index in [2.05, 4.69) is 0 Å². The fraction of sp³-hybridized carbons (Fsp3) is 0.111. The Morgan fingerprint density at radius 2 is 1.86 bits per heavy atom. The molecule has 0 unspecified atom stereocenters. The molecule has 0 amide bonds. The minimum absolute atomic E-state index is 0.119. The van der Waals surface area contributed by atoms with Crippen molar-refractivity contribution in [3.63, 3.8) is 0 Å². The summed E-state index contributed by atoms with van der Waals surface area (Å²) >= 11 is 0. The molecule has 2 aromatic rings. The summed E-state index contributed by atoms with van der Waals surface area (Å²) in [4.78, 5) is 22.5. The maximum atomic E-state index is 12.1. The molecule has 0 aliphatic heterocycles. The van der Waals surface area contributed by atoms with Gasteiger partial charge in [-0.05, 0) is 42.8 Å². The average molecular weight is 296 g/mol. The van der Waals surface area contributed by atoms with Crippen LogP contribution in [0.3, 0.4) is 0 Å². The molecule has 0 fully saturated rings. The number of benzene rings is 2. The van der Waals surface area contributed by atoms with Crippen LogP contribution in [0.15, 0.2) is 54.6 Å². The summed E-state index contributed by atoms with van der Waals surface area (Å²) < 4.78 is 5.02. The Bertz CT molecular complexity index is 699. The minimum atomic E-state index is -1.04. The fourth-order valence-corrected chi connectivity index (χ4v) is 1.90. The third kappa shape index (κ3) is 4.59. The van der Waals surface area contributed by atoms with Crippen molar-refractivity contribution >= 4 is 17.8 Å². The summed E-state index contributed by atoms with van der Waals surface area (Å²) in [6, 6.07) is 14.2. The van der Waals surface area contributed by atoms with Crippen LogP contribution < -0.4 is 4.74 Å². The molecular formula is C18H16O4. The SMILES string of the molecule is Cc1cccc(C=CC(=O)c2ccc(OCC(=O)O)cc2)c1. The summed E-state index contributed by atoms with van der Waals surface area (Å²) in [7, 11) is 0. The van der Waals surface area contributed by atoms with Crippen LogP contribution in [-0.4, -0.2) is 23.5 Å². The standard InChI is InChI=1S/C18H16O4/c1-13-3-2-4-14(11-13)5-10-17(19)15-6-8-16(9-7-15)22-12-18(20)21/h2-11H,12H2,1H3,(H,20,21). The van der Waals surface area contributed by atoms with Crippen molar-refractivity contribution < 1.29 is 19.4 Å². The zero-order valence-corrected chi connectivity index (χ0v) is 12.2. The number of carboxylic acids is 1. The van der Waals surface area contributed by atoms with Crippen molar-refractivity contribution in [1.82, 2.24) is 0 Å². The van der Waals surface area contributed by atoms with Crippen molar-refractivity contribution in [2.24, 2.45) is 0 Å². The van der Waals surface area contributed by atoms with E-state index < -0.39 is 12.6 Å². The van der Waals surface area contributed by atoms with Gasteiger partial charge in [-0.25, -0.2) is 4.79 Å². The van der Waals surface area contributed by atoms with Gasteiger partial charge in [0.2, 0.25) is 0 Å². The van der Waals surface area contributed by atoms with Crippen molar-refractivity contribution in [2.75, 3.05) is 6.61 Å². The average Bonchev–Trinajstić information content (AvgIpc) is 2.51. The monoisotopic (exact) mass is 296 g/mol. The second-order valence-electron chi connectivity index (χ2n) is 4.82. The Morgan fingerprint density at radius 3 is 2.50 bits per heavy atom. The maximum Gasteiger partial charge on any atom is 0.341 e. The van der Waals surface area contributed by atoms with Crippen LogP contribution in [0.2, 0.25) is 0 Å². The number of rotatable bonds is 6. The van der Waals surface area contributed by atoms with Gasteiger partial charge in [-0.15, -0.1) is 0 Å². The van der Waals surface area contributed by atoms with Gasteiger partial charge >= 0.3 is 5.97 Å². The van der Waals surface area contributed by atoms with Crippen molar-refractivity contribution in [3.8, 4) is 5.75 Å². The highest BCUT2D eigenvalue weighted by Gasteiger charge is 2.03. The van der Waals surface area contributed by atoms with Crippen LogP contribution >= 0.6 is 0 Å². The lowest BCUT2D eigenvalue weighted by atomic mass is 10.1. The third-order valence-corrected chi connectivity index (χ3v) is 2.97. The molecule has 4 nitrogen and oxygen atoms in total. The molecule has 0 aliphatic rings. The Hall–Kier alpha value is -2.88. The molecule has 4 heteroatoms. The van der Waals surface area contributed by atoms with Crippen molar-refractivity contribution in [1.29, 1.82) is 0 Å². The van der Waals surface area contributed by atoms with Gasteiger partial charge in [0.15, 0.2) is 12.4 Å². The number of aryl methyl sites for hydroxylation is 1. The first-order valence-corrected chi connectivity index (χ1v) is 6.78. The Morgan fingerprint density at radius 1 is 1.14 bits per heavy atom. The van der Waals surface area contributed by atoms with Gasteiger partial charge in [-0.2, -0.15) is 0 Å². The van der Waals surface area contributed by atoms with Gasteiger partial charge in [0.05, 0.1) is 0 Å². The molecule has 0 aliphatic carbocycles. The van der Waals surface area contributed by atoms with E-state index in [1.54, 1.807) is 30.3 Å². The molecule has 0 radical (unpaired) electrons. The molecule has 1 N–H and O–H groups in total. The van der Waals surface area contributed by atoms with Crippen molar-refractivity contribution in [3.05, 3.63) is 71.3 Å². The fourth-order valence-electron chi connectivity index (χ4n) is 1.90. The Balaban J connectivity index is 2.02. The molecule has 2 rings (SSSR count). The van der Waals surface area contributed by atoms with E-state index in [1.165, 1.54) is 6.08 Å². The van der Waals surface area contributed by atoms with E-state index in [4.69, 9.17) is 9.84 Å². The number of aliphatic carboxylic acids is 1. The quantitative estimate of drug-likeness (QED) is 0.656. The van der Waals surface area contributed by atoms with Gasteiger partial charge in [0, 0.05) is 5.56 Å². The number of carbonyl (C=O) groups excluding carboxylic acids is 1. The predicted molar refractivity (Wildman–Crippen MR) is 84.1 cm³/mol. The predicted octanol–water partition coefficient (Wildman–Crippen LogP) is 3.35. The highest BCUT2D eigenvalue weighted by atomic mass is 16.5. The number of ketones is 1. The van der Waals surface area contributed by atoms with E-state index >= 15 is 0 Å². The lowest BCUT2D eigenvalue weighted by Crippen LogP contribution is -2.09. The highest BCUT2D eigenvalue weighted by molar-refractivity contribution is 6.06. The topological polar surface area (TPSA) is 63.6 Å². The van der Waals surface area contributed by atoms with E-state index in [0.717, 1.165) is 11.1 Å². The minimum Gasteiger partial charge on any atom is -0.482 e. The number of carbonyl (C=O) groups is 2. The number of hydrogen-bond acceptors (Lipinski definition) is 3. The first-order chi connectivity index (χ1) is 10.5. The molecule has 112 valence electrons. The molecule has 0 aromatic heterocycles. The van der Waals surface area contributed by atoms with Crippen LogP contribution in [0, 0.1) is 6.92 Å². The third-order valence-electron chi connectivity index (χ3n) is 2.97. The van der Waals surface area contributed by atoms with Crippen LogP contribution in [-0.2, 0) is 4.79 Å². The number of allylic oxidation sites excluding steroid dienone is 1. The van der Waals surface area contributed by atoms with E-state index in [1.807, 2.05) is 31.2 Å². The lowest BCUT2D eigenvalue weighted by molar-refractivity contribution is -0.139. The molecule has 22 heavy (non-hydrogen) atoms. The summed E-state index contributed by atoms with van der Waals surface area (Å²) in [6.07, 6.45) is 3.28. The summed E-state index contributed by atoms with van der Waals surface area (Å²) in [6.45, 7) is 1.59. The van der Waals surface area contributed by atoms with Crippen LogP contribution in [0.1, 0.15) is 21.5 Å². The van der Waals surface area contributed by atoms with Gasteiger partial charge in [0.1, 0.15) is 5.75 Å². The normalized spacial score (nSPS) is 10.6. The van der Waals surface area contributed by atoms with Gasteiger partial charge in [-0.3, -0.25) is 4.79 Å². The van der Waals surface area contributed by atoms with Crippen LogP contribution in [0.4, 0.5) is 0 Å². The van der Waals surface area contributed by atoms with Gasteiger partial charge < -0.3 is 9.84 Å². The molecule has 0 bridgehead atoms. The number of ether oxygens (including phenoxy) is 1. The molecular weight excluding hydrogens is 280 g/mol. The number of carboxylic acid groups (broad SMARTS) is 1. The molecule has 0 saturated carbocycles. The Labute approximate surface area is 128 Å². The smallest absolute Gasteiger partial charge is 0.341 e. The molecule has 0 heterocycles. The molecule has 2 aromatic carbocycles. The largest absolute Gasteiger partial charge is 0.482 e. The first-order valence-electron chi connectivity index (χ1n) is 6.78. The first kappa shape index (κ1) is 15.5. The van der Waals surface area contributed by atoms with Gasteiger partial charge in [-0.1, -0.05) is 35.9 Å². The summed E-state index contributed by atoms with van der Waals surface area (Å²) in [5.74, 6) is -0.742. The second-order valence-corrected chi connectivity index (χ2v) is 4.82. The zero-order chi connectivity index (χ0) is 15.9.